The Morgan fingerprint density at radius 1 is 0.907 bits per heavy atom. The predicted octanol–water partition coefficient (Wildman–Crippen LogP) is 6.92. The van der Waals surface area contributed by atoms with E-state index in [4.69, 9.17) is 4.74 Å². The van der Waals surface area contributed by atoms with E-state index in [-0.39, 0.29) is 48.2 Å². The van der Waals surface area contributed by atoms with Crippen LogP contribution in [0.25, 0.3) is 11.3 Å². The summed E-state index contributed by atoms with van der Waals surface area (Å²) in [5.41, 5.74) is 6.07. The van der Waals surface area contributed by atoms with Crippen molar-refractivity contribution < 1.29 is 23.9 Å². The second kappa shape index (κ2) is 15.7. The molecule has 276 valence electrons. The van der Waals surface area contributed by atoms with E-state index in [1.54, 1.807) is 41.7 Å². The molecule has 0 saturated carbocycles. The van der Waals surface area contributed by atoms with Gasteiger partial charge < -0.3 is 29.4 Å². The van der Waals surface area contributed by atoms with Gasteiger partial charge in [0.05, 0.1) is 41.0 Å². The third-order valence-corrected chi connectivity index (χ3v) is 9.83. The zero-order valence-corrected chi connectivity index (χ0v) is 30.7. The largest absolute Gasteiger partial charge is 0.493 e. The van der Waals surface area contributed by atoms with Crippen molar-refractivity contribution in [3.8, 4) is 17.0 Å². The summed E-state index contributed by atoms with van der Waals surface area (Å²) in [7, 11) is 3.55. The number of aryl methyl sites for hydroxylation is 3. The van der Waals surface area contributed by atoms with E-state index in [9.17, 15) is 19.2 Å². The molecule has 12 heteroatoms. The average molecular weight is 726 g/mol. The maximum Gasteiger partial charge on any atom is 0.291 e. The van der Waals surface area contributed by atoms with Crippen LogP contribution in [0, 0.1) is 6.92 Å². The number of hydrogen-bond donors (Lipinski definition) is 2. The van der Waals surface area contributed by atoms with Crippen molar-refractivity contribution in [2.75, 3.05) is 23.8 Å². The van der Waals surface area contributed by atoms with Crippen LogP contribution in [-0.2, 0) is 25.3 Å². The number of rotatable bonds is 12. The number of fused-ring (bicyclic) bond motifs is 2. The first-order chi connectivity index (χ1) is 26.1. The summed E-state index contributed by atoms with van der Waals surface area (Å²) in [4.78, 5) is 63.2. The molecule has 0 unspecified atom stereocenters. The van der Waals surface area contributed by atoms with Crippen molar-refractivity contribution in [1.82, 2.24) is 19.0 Å². The van der Waals surface area contributed by atoms with Crippen LogP contribution in [0.1, 0.15) is 74.7 Å². The zero-order chi connectivity index (χ0) is 37.8. The molecule has 0 radical (unpaired) electrons. The number of aromatic nitrogens is 3. The second-order valence-corrected chi connectivity index (χ2v) is 13.9. The minimum atomic E-state index is -0.303. The number of imidazole rings is 1. The highest BCUT2D eigenvalue weighted by atomic mass is 16.5. The monoisotopic (exact) mass is 725 g/mol. The number of carbonyl (C=O) groups is 4. The lowest BCUT2D eigenvalue weighted by Crippen LogP contribution is -2.43. The minimum Gasteiger partial charge on any atom is -0.493 e. The number of Topliss-reactive ketones (excluding diaryl/α,β-unsaturated/α-hetero) is 1. The molecule has 3 aromatic carbocycles. The summed E-state index contributed by atoms with van der Waals surface area (Å²) < 4.78 is 9.43. The third kappa shape index (κ3) is 8.02. The molecule has 54 heavy (non-hydrogen) atoms. The number of piperidine rings is 1. The van der Waals surface area contributed by atoms with E-state index in [0.717, 1.165) is 42.5 Å². The van der Waals surface area contributed by atoms with Gasteiger partial charge in [-0.2, -0.15) is 0 Å². The van der Waals surface area contributed by atoms with Gasteiger partial charge in [-0.15, -0.1) is 0 Å². The summed E-state index contributed by atoms with van der Waals surface area (Å²) in [5.74, 6) is 0.377. The molecule has 1 saturated heterocycles. The number of nitrogens with zero attached hydrogens (tertiary/aromatic N) is 5. The summed E-state index contributed by atoms with van der Waals surface area (Å²) in [6.45, 7) is 2.98. The zero-order valence-electron chi connectivity index (χ0n) is 30.7. The Bertz CT molecular complexity index is 2240. The Hall–Kier alpha value is -6.30. The van der Waals surface area contributed by atoms with Crippen LogP contribution in [0.15, 0.2) is 90.2 Å². The predicted molar refractivity (Wildman–Crippen MR) is 208 cm³/mol. The number of nitrogens with one attached hydrogen (secondary N) is 2. The molecule has 0 bridgehead atoms. The minimum absolute atomic E-state index is 0.0160. The lowest BCUT2D eigenvalue weighted by Gasteiger charge is -2.32. The molecule has 4 heterocycles. The molecule has 0 aliphatic carbocycles. The fourth-order valence-electron chi connectivity index (χ4n) is 6.94. The normalized spacial score (nSPS) is 14.9. The summed E-state index contributed by atoms with van der Waals surface area (Å²) >= 11 is 0. The Balaban J connectivity index is 0.892. The quantitative estimate of drug-likeness (QED) is 0.106. The Labute approximate surface area is 313 Å². The molecular formula is C42H43N7O5. The van der Waals surface area contributed by atoms with E-state index in [0.29, 0.717) is 52.8 Å². The van der Waals surface area contributed by atoms with Crippen LogP contribution in [0.2, 0.25) is 0 Å². The van der Waals surface area contributed by atoms with E-state index in [1.165, 1.54) is 0 Å². The van der Waals surface area contributed by atoms with Gasteiger partial charge in [-0.3, -0.25) is 24.2 Å². The molecular weight excluding hydrogens is 683 g/mol. The molecule has 12 nitrogen and oxygen atoms in total. The highest BCUT2D eigenvalue weighted by molar-refractivity contribution is 6.03. The molecule has 7 rings (SSSR count). The SMILES string of the molecule is Cc1cc2c(cc1OCCCC(=O)Nc1cc(C(=O)Cc3ccc(-c4cn(C)c(C(=O)Nc5ccccc5)n4)cc3)n(C)c1)N=C[C@@H]1CCCCN1C2=O. The number of para-hydroxylation sites is 1. The molecule has 1 fully saturated rings. The van der Waals surface area contributed by atoms with Crippen LogP contribution in [0.3, 0.4) is 0 Å². The smallest absolute Gasteiger partial charge is 0.291 e. The highest BCUT2D eigenvalue weighted by Crippen LogP contribution is 2.34. The van der Waals surface area contributed by atoms with Crippen LogP contribution in [0.4, 0.5) is 17.1 Å². The van der Waals surface area contributed by atoms with Gasteiger partial charge in [-0.1, -0.05) is 42.5 Å². The van der Waals surface area contributed by atoms with Crippen LogP contribution < -0.4 is 15.4 Å². The van der Waals surface area contributed by atoms with Gasteiger partial charge in [0.2, 0.25) is 5.91 Å². The summed E-state index contributed by atoms with van der Waals surface area (Å²) in [6, 6.07) is 22.1. The van der Waals surface area contributed by atoms with Crippen molar-refractivity contribution in [3.63, 3.8) is 0 Å². The van der Waals surface area contributed by atoms with Crippen molar-refractivity contribution >= 4 is 46.8 Å². The maximum absolute atomic E-state index is 13.3. The fraction of sp³-hybridized carbons (Fsp3) is 0.286. The lowest BCUT2D eigenvalue weighted by atomic mass is 10.0. The van der Waals surface area contributed by atoms with Gasteiger partial charge in [-0.25, -0.2) is 4.98 Å². The number of aliphatic imine (C=N–C) groups is 1. The van der Waals surface area contributed by atoms with E-state index in [1.807, 2.05) is 84.8 Å². The summed E-state index contributed by atoms with van der Waals surface area (Å²) in [5, 5.41) is 5.76. The second-order valence-electron chi connectivity index (χ2n) is 13.9. The molecule has 2 aromatic heterocycles. The van der Waals surface area contributed by atoms with Crippen molar-refractivity contribution in [3.05, 3.63) is 113 Å². The summed E-state index contributed by atoms with van der Waals surface area (Å²) in [6.07, 6.45) is 9.32. The number of anilines is 2. The van der Waals surface area contributed by atoms with Crippen LogP contribution in [-0.4, -0.2) is 67.9 Å². The standard InChI is InChI=1S/C42H43N7O5/c1-27-20-33-34(43-24-32-12-7-8-18-49(32)42(33)53)23-38(27)54-19-9-13-39(51)44-31-22-36(47(2)25-31)37(50)21-28-14-16-29(17-15-28)35-26-48(3)40(46-35)41(52)45-30-10-5-4-6-11-30/h4-6,10-11,14-17,20,22-26,32H,7-9,12-13,18-19,21H2,1-3H3,(H,44,51)(H,45,52)/t32-/m0/s1. The number of amides is 3. The lowest BCUT2D eigenvalue weighted by molar-refractivity contribution is -0.116. The molecule has 5 aromatic rings. The fourth-order valence-corrected chi connectivity index (χ4v) is 6.94. The molecule has 2 aliphatic heterocycles. The van der Waals surface area contributed by atoms with Crippen molar-refractivity contribution in [2.24, 2.45) is 19.1 Å². The van der Waals surface area contributed by atoms with Gasteiger partial charge in [0.25, 0.3) is 11.8 Å². The Morgan fingerprint density at radius 3 is 2.50 bits per heavy atom. The molecule has 0 spiro atoms. The first-order valence-electron chi connectivity index (χ1n) is 18.2. The van der Waals surface area contributed by atoms with Crippen LogP contribution in [0.5, 0.6) is 5.75 Å². The number of ether oxygens (including phenoxy) is 1. The maximum atomic E-state index is 13.3. The Kier molecular flexibility index (Phi) is 10.5. The van der Waals surface area contributed by atoms with Gasteiger partial charge in [0.15, 0.2) is 11.6 Å². The first-order valence-corrected chi connectivity index (χ1v) is 18.2. The molecule has 2 N–H and O–H groups in total. The van der Waals surface area contributed by atoms with Gasteiger partial charge in [0.1, 0.15) is 5.75 Å². The number of ketones is 1. The topological polar surface area (TPSA) is 140 Å². The van der Waals surface area contributed by atoms with Gasteiger partial charge >= 0.3 is 0 Å². The first kappa shape index (κ1) is 36.1. The number of carbonyl (C=O) groups excluding carboxylic acids is 4. The molecule has 1 atom stereocenters. The van der Waals surface area contributed by atoms with Crippen molar-refractivity contribution in [2.45, 2.75) is 51.5 Å². The highest BCUT2D eigenvalue weighted by Gasteiger charge is 2.30. The van der Waals surface area contributed by atoms with Crippen LogP contribution >= 0.6 is 0 Å². The van der Waals surface area contributed by atoms with Gasteiger partial charge in [0, 0.05) is 69.4 Å². The third-order valence-electron chi connectivity index (χ3n) is 9.83. The average Bonchev–Trinajstić information content (AvgIpc) is 3.71. The van der Waals surface area contributed by atoms with E-state index < -0.39 is 0 Å². The molecule has 3 amide bonds. The van der Waals surface area contributed by atoms with E-state index >= 15 is 0 Å². The molecule has 2 aliphatic rings. The number of hydrogen-bond acceptors (Lipinski definition) is 7. The van der Waals surface area contributed by atoms with E-state index in [2.05, 4.69) is 20.6 Å². The van der Waals surface area contributed by atoms with Crippen molar-refractivity contribution in [1.29, 1.82) is 0 Å². The van der Waals surface area contributed by atoms with Gasteiger partial charge in [-0.05, 0) is 68.0 Å². The Morgan fingerprint density at radius 2 is 1.70 bits per heavy atom. The number of benzene rings is 3.